The van der Waals surface area contributed by atoms with Gasteiger partial charge in [-0.2, -0.15) is 0 Å². The Labute approximate surface area is 186 Å². The molecule has 0 spiro atoms. The maximum absolute atomic E-state index is 13.1. The van der Waals surface area contributed by atoms with Gasteiger partial charge in [-0.1, -0.05) is 54.0 Å². The lowest BCUT2D eigenvalue weighted by Gasteiger charge is -2.09. The molecule has 0 fully saturated rings. The molecule has 0 bridgehead atoms. The number of aromatic nitrogens is 2. The molecule has 1 amide bonds. The Morgan fingerprint density at radius 1 is 1.13 bits per heavy atom. The van der Waals surface area contributed by atoms with E-state index in [1.54, 1.807) is 12.1 Å². The first-order valence-electron chi connectivity index (χ1n) is 9.55. The first kappa shape index (κ1) is 20.5. The highest BCUT2D eigenvalue weighted by Gasteiger charge is 2.15. The summed E-state index contributed by atoms with van der Waals surface area (Å²) in [4.78, 5) is 30.7. The maximum Gasteiger partial charge on any atom is 0.263 e. The molecule has 0 radical (unpaired) electrons. The number of hydrogen-bond donors (Lipinski definition) is 1. The van der Waals surface area contributed by atoms with Gasteiger partial charge in [-0.05, 0) is 41.3 Å². The SMILES string of the molecule is CC(C)c1ccc(-c2csc3ncn(CC(=O)Nc4ccc(Br)cc4)c(=O)c23)cc1. The number of carbonyl (C=O) groups excluding carboxylic acids is 1. The lowest BCUT2D eigenvalue weighted by atomic mass is 9.99. The average Bonchev–Trinajstić information content (AvgIpc) is 3.17. The Morgan fingerprint density at radius 3 is 2.50 bits per heavy atom. The molecule has 2 heterocycles. The number of hydrogen-bond acceptors (Lipinski definition) is 4. The second-order valence-electron chi connectivity index (χ2n) is 7.34. The molecule has 0 atom stereocenters. The number of amides is 1. The molecule has 4 rings (SSSR count). The fraction of sp³-hybridized carbons (Fsp3) is 0.174. The van der Waals surface area contributed by atoms with Crippen LogP contribution in [0.1, 0.15) is 25.3 Å². The van der Waals surface area contributed by atoms with Gasteiger partial charge >= 0.3 is 0 Å². The summed E-state index contributed by atoms with van der Waals surface area (Å²) in [5.74, 6) is 0.167. The summed E-state index contributed by atoms with van der Waals surface area (Å²) in [7, 11) is 0. The minimum absolute atomic E-state index is 0.0978. The third-order valence-electron chi connectivity index (χ3n) is 4.89. The molecular formula is C23H20BrN3O2S. The number of anilines is 1. The molecule has 0 unspecified atom stereocenters. The highest BCUT2D eigenvalue weighted by molar-refractivity contribution is 9.10. The van der Waals surface area contributed by atoms with Gasteiger partial charge in [0.25, 0.3) is 5.56 Å². The molecule has 152 valence electrons. The van der Waals surface area contributed by atoms with Crippen LogP contribution in [-0.4, -0.2) is 15.5 Å². The summed E-state index contributed by atoms with van der Waals surface area (Å²) in [6, 6.07) is 15.5. The number of rotatable bonds is 5. The Balaban J connectivity index is 1.63. The quantitative estimate of drug-likeness (QED) is 0.400. The molecule has 4 aromatic rings. The second-order valence-corrected chi connectivity index (χ2v) is 9.11. The molecule has 30 heavy (non-hydrogen) atoms. The lowest BCUT2D eigenvalue weighted by Crippen LogP contribution is -2.27. The fourth-order valence-corrected chi connectivity index (χ4v) is 4.40. The summed E-state index contributed by atoms with van der Waals surface area (Å²) in [6.45, 7) is 4.20. The van der Waals surface area contributed by atoms with Crippen molar-refractivity contribution >= 4 is 49.1 Å². The second kappa shape index (κ2) is 8.53. The third-order valence-corrected chi connectivity index (χ3v) is 6.31. The summed E-state index contributed by atoms with van der Waals surface area (Å²) in [5, 5.41) is 5.31. The topological polar surface area (TPSA) is 64.0 Å². The van der Waals surface area contributed by atoms with Crippen LogP contribution in [0.3, 0.4) is 0 Å². The minimum atomic E-state index is -0.279. The molecule has 7 heteroatoms. The predicted octanol–water partition coefficient (Wildman–Crippen LogP) is 5.65. The average molecular weight is 482 g/mol. The standard InChI is InChI=1S/C23H20BrN3O2S/c1-14(2)15-3-5-16(6-4-15)19-12-30-22-21(19)23(29)27(13-25-22)11-20(28)26-18-9-7-17(24)8-10-18/h3-10,12-14H,11H2,1-2H3,(H,26,28). The van der Waals surface area contributed by atoms with E-state index in [9.17, 15) is 9.59 Å². The number of carbonyl (C=O) groups is 1. The van der Waals surface area contributed by atoms with E-state index in [4.69, 9.17) is 0 Å². The molecule has 5 nitrogen and oxygen atoms in total. The smallest absolute Gasteiger partial charge is 0.263 e. The van der Waals surface area contributed by atoms with E-state index in [1.807, 2.05) is 29.6 Å². The fourth-order valence-electron chi connectivity index (χ4n) is 3.23. The normalized spacial score (nSPS) is 11.2. The molecule has 1 N–H and O–H groups in total. The molecule has 2 aromatic carbocycles. The number of fused-ring (bicyclic) bond motifs is 1. The molecule has 0 saturated heterocycles. The van der Waals surface area contributed by atoms with Crippen molar-refractivity contribution in [2.75, 3.05) is 5.32 Å². The van der Waals surface area contributed by atoms with Crippen molar-refractivity contribution in [3.8, 4) is 11.1 Å². The van der Waals surface area contributed by atoms with Crippen molar-refractivity contribution in [2.45, 2.75) is 26.3 Å². The van der Waals surface area contributed by atoms with E-state index in [2.05, 4.69) is 52.2 Å². The van der Waals surface area contributed by atoms with Gasteiger partial charge in [-0.25, -0.2) is 4.98 Å². The van der Waals surface area contributed by atoms with Crippen LogP contribution < -0.4 is 10.9 Å². The molecule has 0 saturated carbocycles. The van der Waals surface area contributed by atoms with Crippen molar-refractivity contribution in [1.82, 2.24) is 9.55 Å². The van der Waals surface area contributed by atoms with Crippen molar-refractivity contribution in [2.24, 2.45) is 0 Å². The zero-order chi connectivity index (χ0) is 21.3. The molecule has 2 aromatic heterocycles. The highest BCUT2D eigenvalue weighted by atomic mass is 79.9. The zero-order valence-corrected chi connectivity index (χ0v) is 19.0. The van der Waals surface area contributed by atoms with E-state index in [-0.39, 0.29) is 18.0 Å². The van der Waals surface area contributed by atoms with Gasteiger partial charge in [0.05, 0.1) is 11.7 Å². The highest BCUT2D eigenvalue weighted by Crippen LogP contribution is 2.31. The number of benzene rings is 2. The number of halogens is 1. The van der Waals surface area contributed by atoms with Gasteiger partial charge in [0.15, 0.2) is 0 Å². The van der Waals surface area contributed by atoms with E-state index in [1.165, 1.54) is 27.8 Å². The molecule has 0 aliphatic rings. The van der Waals surface area contributed by atoms with Crippen LogP contribution in [0.25, 0.3) is 21.3 Å². The third kappa shape index (κ3) is 4.22. The maximum atomic E-state index is 13.1. The lowest BCUT2D eigenvalue weighted by molar-refractivity contribution is -0.116. The molecule has 0 aliphatic heterocycles. The summed E-state index contributed by atoms with van der Waals surface area (Å²) in [6.07, 6.45) is 1.44. The largest absolute Gasteiger partial charge is 0.325 e. The number of thiophene rings is 1. The van der Waals surface area contributed by atoms with Gasteiger partial charge in [-0.3, -0.25) is 14.2 Å². The molecular weight excluding hydrogens is 462 g/mol. The number of nitrogens with zero attached hydrogens (tertiary/aromatic N) is 2. The van der Waals surface area contributed by atoms with Crippen LogP contribution in [0, 0.1) is 0 Å². The summed E-state index contributed by atoms with van der Waals surface area (Å²) in [5.41, 5.74) is 3.53. The Morgan fingerprint density at radius 2 is 1.83 bits per heavy atom. The van der Waals surface area contributed by atoms with Crippen molar-refractivity contribution in [3.63, 3.8) is 0 Å². The summed E-state index contributed by atoms with van der Waals surface area (Å²) >= 11 is 4.80. The van der Waals surface area contributed by atoms with Crippen LogP contribution in [0.15, 0.2) is 69.5 Å². The monoisotopic (exact) mass is 481 g/mol. The first-order chi connectivity index (χ1) is 14.4. The van der Waals surface area contributed by atoms with Gasteiger partial charge in [0.2, 0.25) is 5.91 Å². The van der Waals surface area contributed by atoms with Gasteiger partial charge in [0.1, 0.15) is 11.4 Å². The van der Waals surface area contributed by atoms with E-state index < -0.39 is 0 Å². The number of nitrogens with one attached hydrogen (secondary N) is 1. The van der Waals surface area contributed by atoms with E-state index in [0.29, 0.717) is 21.8 Å². The van der Waals surface area contributed by atoms with E-state index >= 15 is 0 Å². The molecule has 0 aliphatic carbocycles. The zero-order valence-electron chi connectivity index (χ0n) is 16.6. The van der Waals surface area contributed by atoms with Crippen molar-refractivity contribution < 1.29 is 4.79 Å². The van der Waals surface area contributed by atoms with E-state index in [0.717, 1.165) is 15.6 Å². The first-order valence-corrected chi connectivity index (χ1v) is 11.2. The van der Waals surface area contributed by atoms with Gasteiger partial charge < -0.3 is 5.32 Å². The minimum Gasteiger partial charge on any atom is -0.325 e. The van der Waals surface area contributed by atoms with Crippen LogP contribution >= 0.6 is 27.3 Å². The summed E-state index contributed by atoms with van der Waals surface area (Å²) < 4.78 is 2.28. The van der Waals surface area contributed by atoms with Crippen LogP contribution in [0.5, 0.6) is 0 Å². The van der Waals surface area contributed by atoms with Crippen molar-refractivity contribution in [3.05, 3.63) is 80.6 Å². The van der Waals surface area contributed by atoms with Crippen LogP contribution in [0.4, 0.5) is 5.69 Å². The van der Waals surface area contributed by atoms with Gasteiger partial charge in [0, 0.05) is 21.1 Å². The Hall–Kier alpha value is -2.77. The van der Waals surface area contributed by atoms with Gasteiger partial charge in [-0.15, -0.1) is 11.3 Å². The van der Waals surface area contributed by atoms with Crippen molar-refractivity contribution in [1.29, 1.82) is 0 Å². The van der Waals surface area contributed by atoms with Crippen LogP contribution in [-0.2, 0) is 11.3 Å². The Bertz CT molecular complexity index is 1260. The Kier molecular flexibility index (Phi) is 5.83. The van der Waals surface area contributed by atoms with Crippen LogP contribution in [0.2, 0.25) is 0 Å². The predicted molar refractivity (Wildman–Crippen MR) is 126 cm³/mol.